The number of hydrogen-bond acceptors (Lipinski definition) is 3. The SMILES string of the molecule is C=C(CNC1CC1)NC(C)O. The van der Waals surface area contributed by atoms with Gasteiger partial charge in [-0.1, -0.05) is 6.58 Å². The monoisotopic (exact) mass is 156 g/mol. The van der Waals surface area contributed by atoms with Crippen LogP contribution in [0.5, 0.6) is 0 Å². The van der Waals surface area contributed by atoms with E-state index in [0.29, 0.717) is 6.04 Å². The van der Waals surface area contributed by atoms with E-state index in [9.17, 15) is 0 Å². The summed E-state index contributed by atoms with van der Waals surface area (Å²) in [6, 6.07) is 0.697. The summed E-state index contributed by atoms with van der Waals surface area (Å²) >= 11 is 0. The van der Waals surface area contributed by atoms with Gasteiger partial charge in [-0.3, -0.25) is 0 Å². The molecule has 0 amide bonds. The zero-order valence-corrected chi connectivity index (χ0v) is 6.93. The highest BCUT2D eigenvalue weighted by Gasteiger charge is 2.19. The van der Waals surface area contributed by atoms with Crippen molar-refractivity contribution in [3.05, 3.63) is 12.3 Å². The molecule has 1 aliphatic rings. The molecule has 3 N–H and O–H groups in total. The van der Waals surface area contributed by atoms with E-state index in [1.54, 1.807) is 6.92 Å². The molecule has 1 unspecified atom stereocenters. The number of aliphatic hydroxyl groups is 1. The summed E-state index contributed by atoms with van der Waals surface area (Å²) in [6.07, 6.45) is 2.06. The first-order chi connectivity index (χ1) is 5.18. The maximum Gasteiger partial charge on any atom is 0.121 e. The molecule has 1 atom stereocenters. The Bertz CT molecular complexity index is 141. The maximum absolute atomic E-state index is 8.90. The Kier molecular flexibility index (Phi) is 2.91. The largest absolute Gasteiger partial charge is 0.374 e. The predicted molar refractivity (Wildman–Crippen MR) is 45.0 cm³/mol. The third-order valence-electron chi connectivity index (χ3n) is 1.59. The molecule has 0 spiro atoms. The average molecular weight is 156 g/mol. The van der Waals surface area contributed by atoms with Crippen molar-refractivity contribution < 1.29 is 5.11 Å². The second kappa shape index (κ2) is 3.74. The highest BCUT2D eigenvalue weighted by molar-refractivity contribution is 4.96. The van der Waals surface area contributed by atoms with Gasteiger partial charge in [-0.15, -0.1) is 0 Å². The molecule has 0 radical (unpaired) electrons. The molecule has 1 fully saturated rings. The van der Waals surface area contributed by atoms with Gasteiger partial charge in [-0.25, -0.2) is 0 Å². The zero-order chi connectivity index (χ0) is 8.27. The van der Waals surface area contributed by atoms with Crippen LogP contribution in [-0.2, 0) is 0 Å². The van der Waals surface area contributed by atoms with Crippen molar-refractivity contribution >= 4 is 0 Å². The van der Waals surface area contributed by atoms with E-state index in [1.165, 1.54) is 12.8 Å². The highest BCUT2D eigenvalue weighted by atomic mass is 16.3. The molecule has 1 aliphatic carbocycles. The molecule has 1 rings (SSSR count). The van der Waals surface area contributed by atoms with Gasteiger partial charge in [-0.2, -0.15) is 0 Å². The van der Waals surface area contributed by atoms with Gasteiger partial charge in [0.1, 0.15) is 6.23 Å². The van der Waals surface area contributed by atoms with E-state index in [0.717, 1.165) is 12.2 Å². The van der Waals surface area contributed by atoms with Gasteiger partial charge >= 0.3 is 0 Å². The fourth-order valence-corrected chi connectivity index (χ4v) is 0.901. The van der Waals surface area contributed by atoms with Crippen LogP contribution in [0.1, 0.15) is 19.8 Å². The highest BCUT2D eigenvalue weighted by Crippen LogP contribution is 2.18. The second-order valence-corrected chi connectivity index (χ2v) is 3.08. The molecule has 0 aromatic rings. The summed E-state index contributed by atoms with van der Waals surface area (Å²) < 4.78 is 0. The van der Waals surface area contributed by atoms with Crippen LogP contribution < -0.4 is 10.6 Å². The Morgan fingerprint density at radius 1 is 1.73 bits per heavy atom. The van der Waals surface area contributed by atoms with E-state index in [-0.39, 0.29) is 0 Å². The normalized spacial score (nSPS) is 19.5. The van der Waals surface area contributed by atoms with E-state index >= 15 is 0 Å². The average Bonchev–Trinajstić information content (AvgIpc) is 2.63. The molecule has 0 saturated heterocycles. The van der Waals surface area contributed by atoms with Gasteiger partial charge < -0.3 is 15.7 Å². The molecule has 64 valence electrons. The van der Waals surface area contributed by atoms with Crippen molar-refractivity contribution in [1.82, 2.24) is 10.6 Å². The van der Waals surface area contributed by atoms with Gasteiger partial charge in [0.05, 0.1) is 0 Å². The Morgan fingerprint density at radius 3 is 2.82 bits per heavy atom. The zero-order valence-electron chi connectivity index (χ0n) is 6.93. The minimum atomic E-state index is -0.497. The first-order valence-electron chi connectivity index (χ1n) is 4.04. The molecule has 0 heterocycles. The Balaban J connectivity index is 2.00. The van der Waals surface area contributed by atoms with Gasteiger partial charge in [0.15, 0.2) is 0 Å². The minimum absolute atomic E-state index is 0.497. The van der Waals surface area contributed by atoms with Crippen LogP contribution in [-0.4, -0.2) is 23.9 Å². The van der Waals surface area contributed by atoms with Gasteiger partial charge in [0, 0.05) is 18.3 Å². The Hall–Kier alpha value is -0.540. The van der Waals surface area contributed by atoms with Gasteiger partial charge in [-0.05, 0) is 19.8 Å². The van der Waals surface area contributed by atoms with E-state index < -0.39 is 6.23 Å². The van der Waals surface area contributed by atoms with Crippen molar-refractivity contribution in [2.75, 3.05) is 6.54 Å². The third-order valence-corrected chi connectivity index (χ3v) is 1.59. The molecule has 3 heteroatoms. The van der Waals surface area contributed by atoms with Gasteiger partial charge in [0.25, 0.3) is 0 Å². The second-order valence-electron chi connectivity index (χ2n) is 3.08. The maximum atomic E-state index is 8.90. The number of nitrogens with one attached hydrogen (secondary N) is 2. The third kappa shape index (κ3) is 4.01. The summed E-state index contributed by atoms with van der Waals surface area (Å²) in [4.78, 5) is 0. The van der Waals surface area contributed by atoms with Crippen LogP contribution in [0.15, 0.2) is 12.3 Å². The molecule has 0 aliphatic heterocycles. The fourth-order valence-electron chi connectivity index (χ4n) is 0.901. The lowest BCUT2D eigenvalue weighted by atomic mass is 10.4. The Labute approximate surface area is 67.5 Å². The first kappa shape index (κ1) is 8.56. The topological polar surface area (TPSA) is 44.3 Å². The van der Waals surface area contributed by atoms with E-state index in [4.69, 9.17) is 5.11 Å². The molecular formula is C8H16N2O. The van der Waals surface area contributed by atoms with Crippen LogP contribution in [0.3, 0.4) is 0 Å². The quantitative estimate of drug-likeness (QED) is 0.497. The lowest BCUT2D eigenvalue weighted by Gasteiger charge is -2.11. The van der Waals surface area contributed by atoms with Crippen LogP contribution in [0, 0.1) is 0 Å². The van der Waals surface area contributed by atoms with Crippen molar-refractivity contribution in [3.8, 4) is 0 Å². The molecule has 0 aromatic heterocycles. The molecule has 0 aromatic carbocycles. The molecule has 3 nitrogen and oxygen atoms in total. The summed E-state index contributed by atoms with van der Waals surface area (Å²) in [7, 11) is 0. The van der Waals surface area contributed by atoms with Crippen LogP contribution in [0.4, 0.5) is 0 Å². The first-order valence-corrected chi connectivity index (χ1v) is 4.04. The van der Waals surface area contributed by atoms with Crippen LogP contribution in [0.2, 0.25) is 0 Å². The van der Waals surface area contributed by atoms with Crippen molar-refractivity contribution in [1.29, 1.82) is 0 Å². The van der Waals surface area contributed by atoms with E-state index in [2.05, 4.69) is 17.2 Å². The van der Waals surface area contributed by atoms with E-state index in [1.807, 2.05) is 0 Å². The molecular weight excluding hydrogens is 140 g/mol. The standard InChI is InChI=1S/C8H16N2O/c1-6(10-7(2)11)5-9-8-3-4-8/h7-11H,1,3-5H2,2H3. The van der Waals surface area contributed by atoms with Gasteiger partial charge in [0.2, 0.25) is 0 Å². The lowest BCUT2D eigenvalue weighted by molar-refractivity contribution is 0.168. The number of hydrogen-bond donors (Lipinski definition) is 3. The smallest absolute Gasteiger partial charge is 0.121 e. The van der Waals surface area contributed by atoms with Crippen LogP contribution >= 0.6 is 0 Å². The van der Waals surface area contributed by atoms with Crippen molar-refractivity contribution in [3.63, 3.8) is 0 Å². The van der Waals surface area contributed by atoms with Crippen molar-refractivity contribution in [2.45, 2.75) is 32.0 Å². The minimum Gasteiger partial charge on any atom is -0.374 e. The molecule has 1 saturated carbocycles. The van der Waals surface area contributed by atoms with Crippen LogP contribution in [0.25, 0.3) is 0 Å². The fraction of sp³-hybridized carbons (Fsp3) is 0.750. The number of aliphatic hydroxyl groups excluding tert-OH is 1. The summed E-state index contributed by atoms with van der Waals surface area (Å²) in [6.45, 7) is 6.20. The Morgan fingerprint density at radius 2 is 2.36 bits per heavy atom. The summed E-state index contributed by atoms with van der Waals surface area (Å²) in [5.41, 5.74) is 0.854. The predicted octanol–water partition coefficient (Wildman–Crippen LogP) is 0.180. The van der Waals surface area contributed by atoms with Crippen molar-refractivity contribution in [2.24, 2.45) is 0 Å². The molecule has 11 heavy (non-hydrogen) atoms. The number of rotatable bonds is 5. The summed E-state index contributed by atoms with van der Waals surface area (Å²) in [5, 5.41) is 15.0. The molecule has 0 bridgehead atoms. The summed E-state index contributed by atoms with van der Waals surface area (Å²) in [5.74, 6) is 0. The lowest BCUT2D eigenvalue weighted by Crippen LogP contribution is -2.31.